The van der Waals surface area contributed by atoms with Crippen LogP contribution in [0.3, 0.4) is 0 Å². The van der Waals surface area contributed by atoms with Gasteiger partial charge in [-0.3, -0.25) is 14.5 Å². The number of imide groups is 1. The molecule has 0 bridgehead atoms. The molecule has 0 unspecified atom stereocenters. The molecule has 0 radical (unpaired) electrons. The third-order valence-corrected chi connectivity index (χ3v) is 2.78. The lowest BCUT2D eigenvalue weighted by atomic mass is 9.93. The molecule has 0 aliphatic carbocycles. The van der Waals surface area contributed by atoms with E-state index in [4.69, 9.17) is 4.74 Å². The molecule has 0 N–H and O–H groups in total. The van der Waals surface area contributed by atoms with Gasteiger partial charge in [-0.25, -0.2) is 0 Å². The van der Waals surface area contributed by atoms with E-state index in [-0.39, 0.29) is 17.2 Å². The highest BCUT2D eigenvalue weighted by Gasteiger charge is 2.31. The number of amides is 2. The van der Waals surface area contributed by atoms with Crippen LogP contribution in [0.5, 0.6) is 0 Å². The molecular formula is C14H23NO3. The molecule has 1 heterocycles. The van der Waals surface area contributed by atoms with E-state index in [1.54, 1.807) is 0 Å². The fourth-order valence-electron chi connectivity index (χ4n) is 1.65. The summed E-state index contributed by atoms with van der Waals surface area (Å²) in [5.41, 5.74) is -0.292. The van der Waals surface area contributed by atoms with Crippen molar-refractivity contribution in [3.63, 3.8) is 0 Å². The van der Waals surface area contributed by atoms with Gasteiger partial charge in [0.1, 0.15) is 0 Å². The van der Waals surface area contributed by atoms with E-state index in [1.807, 2.05) is 13.8 Å². The maximum Gasteiger partial charge on any atom is 0.253 e. The predicted octanol–water partition coefficient (Wildman–Crippen LogP) is 2.14. The zero-order valence-corrected chi connectivity index (χ0v) is 11.9. The summed E-state index contributed by atoms with van der Waals surface area (Å²) in [5.74, 6) is -0.514. The molecule has 1 aliphatic heterocycles. The van der Waals surface area contributed by atoms with Crippen molar-refractivity contribution in [2.45, 2.75) is 46.6 Å². The first-order valence-corrected chi connectivity index (χ1v) is 6.28. The van der Waals surface area contributed by atoms with Crippen LogP contribution in [0.2, 0.25) is 0 Å². The average molecular weight is 253 g/mol. The SMILES string of the molecule is CC(C)(C)CCOC(C)(C)CN1C(=O)C=CC1=O. The molecule has 0 aromatic rings. The van der Waals surface area contributed by atoms with Gasteiger partial charge in [0, 0.05) is 18.8 Å². The van der Waals surface area contributed by atoms with Gasteiger partial charge in [-0.15, -0.1) is 0 Å². The molecule has 0 fully saturated rings. The van der Waals surface area contributed by atoms with Crippen LogP contribution in [-0.2, 0) is 14.3 Å². The summed E-state index contributed by atoms with van der Waals surface area (Å²) in [7, 11) is 0. The number of rotatable bonds is 5. The minimum absolute atomic E-state index is 0.219. The monoisotopic (exact) mass is 253 g/mol. The van der Waals surface area contributed by atoms with Gasteiger partial charge in [0.05, 0.1) is 12.1 Å². The number of hydrogen-bond donors (Lipinski definition) is 0. The minimum Gasteiger partial charge on any atom is -0.374 e. The molecule has 0 saturated carbocycles. The van der Waals surface area contributed by atoms with Crippen LogP contribution in [0.15, 0.2) is 12.2 Å². The zero-order valence-electron chi connectivity index (χ0n) is 11.9. The third kappa shape index (κ3) is 4.61. The Bertz CT molecular complexity index is 346. The van der Waals surface area contributed by atoms with Crippen molar-refractivity contribution in [1.82, 2.24) is 4.90 Å². The summed E-state index contributed by atoms with van der Waals surface area (Å²) in [5, 5.41) is 0. The molecule has 0 spiro atoms. The normalized spacial score (nSPS) is 16.8. The molecule has 4 heteroatoms. The summed E-state index contributed by atoms with van der Waals surface area (Å²) in [6.45, 7) is 11.2. The number of ether oxygens (including phenoxy) is 1. The smallest absolute Gasteiger partial charge is 0.253 e. The Morgan fingerprint density at radius 3 is 2.00 bits per heavy atom. The quantitative estimate of drug-likeness (QED) is 0.705. The molecule has 0 aromatic carbocycles. The van der Waals surface area contributed by atoms with Crippen LogP contribution in [0.25, 0.3) is 0 Å². The van der Waals surface area contributed by atoms with Crippen molar-refractivity contribution < 1.29 is 14.3 Å². The molecule has 1 rings (SSSR count). The maximum atomic E-state index is 11.5. The molecule has 0 aromatic heterocycles. The molecule has 0 saturated heterocycles. The first-order chi connectivity index (χ1) is 8.11. The average Bonchev–Trinajstić information content (AvgIpc) is 2.46. The van der Waals surface area contributed by atoms with E-state index < -0.39 is 5.60 Å². The van der Waals surface area contributed by atoms with Crippen molar-refractivity contribution in [2.75, 3.05) is 13.2 Å². The second-order valence-corrected chi connectivity index (χ2v) is 6.51. The summed E-state index contributed by atoms with van der Waals surface area (Å²) >= 11 is 0. The van der Waals surface area contributed by atoms with Gasteiger partial charge in [-0.1, -0.05) is 20.8 Å². The Morgan fingerprint density at radius 2 is 1.56 bits per heavy atom. The second-order valence-electron chi connectivity index (χ2n) is 6.51. The van der Waals surface area contributed by atoms with Gasteiger partial charge in [0.15, 0.2) is 0 Å². The number of carbonyl (C=O) groups is 2. The van der Waals surface area contributed by atoms with E-state index in [1.165, 1.54) is 17.1 Å². The van der Waals surface area contributed by atoms with Crippen molar-refractivity contribution in [3.05, 3.63) is 12.2 Å². The highest BCUT2D eigenvalue weighted by Crippen LogP contribution is 2.21. The Labute approximate surface area is 109 Å². The van der Waals surface area contributed by atoms with Crippen molar-refractivity contribution >= 4 is 11.8 Å². The molecule has 18 heavy (non-hydrogen) atoms. The Hall–Kier alpha value is -1.16. The summed E-state index contributed by atoms with van der Waals surface area (Å²) < 4.78 is 5.79. The highest BCUT2D eigenvalue weighted by atomic mass is 16.5. The van der Waals surface area contributed by atoms with Gasteiger partial charge in [0.25, 0.3) is 11.8 Å². The lowest BCUT2D eigenvalue weighted by Crippen LogP contribution is -2.44. The lowest BCUT2D eigenvalue weighted by Gasteiger charge is -2.30. The molecular weight excluding hydrogens is 230 g/mol. The number of nitrogens with zero attached hydrogens (tertiary/aromatic N) is 1. The largest absolute Gasteiger partial charge is 0.374 e. The van der Waals surface area contributed by atoms with Gasteiger partial charge in [-0.05, 0) is 25.7 Å². The third-order valence-electron chi connectivity index (χ3n) is 2.78. The number of hydrogen-bond acceptors (Lipinski definition) is 3. The van der Waals surface area contributed by atoms with Gasteiger partial charge in [-0.2, -0.15) is 0 Å². The van der Waals surface area contributed by atoms with E-state index >= 15 is 0 Å². The van der Waals surface area contributed by atoms with Crippen LogP contribution >= 0.6 is 0 Å². The van der Waals surface area contributed by atoms with Crippen molar-refractivity contribution in [1.29, 1.82) is 0 Å². The molecule has 1 aliphatic rings. The van der Waals surface area contributed by atoms with Crippen LogP contribution in [0, 0.1) is 5.41 Å². The first kappa shape index (κ1) is 14.9. The maximum absolute atomic E-state index is 11.5. The fraction of sp³-hybridized carbons (Fsp3) is 0.714. The van der Waals surface area contributed by atoms with E-state index in [2.05, 4.69) is 20.8 Å². The fourth-order valence-corrected chi connectivity index (χ4v) is 1.65. The van der Waals surface area contributed by atoms with Crippen LogP contribution in [0.4, 0.5) is 0 Å². The standard InChI is InChI=1S/C14H23NO3/c1-13(2,3)8-9-18-14(4,5)10-15-11(16)6-7-12(15)17/h6-7H,8-10H2,1-5H3. The molecule has 102 valence electrons. The van der Waals surface area contributed by atoms with E-state index in [0.29, 0.717) is 13.2 Å². The van der Waals surface area contributed by atoms with Crippen molar-refractivity contribution in [2.24, 2.45) is 5.41 Å². The molecule has 2 amide bonds. The Morgan fingerprint density at radius 1 is 1.06 bits per heavy atom. The highest BCUT2D eigenvalue weighted by molar-refractivity contribution is 6.12. The summed E-state index contributed by atoms with van der Waals surface area (Å²) in [4.78, 5) is 24.1. The first-order valence-electron chi connectivity index (χ1n) is 6.28. The number of carbonyl (C=O) groups excluding carboxylic acids is 2. The van der Waals surface area contributed by atoms with E-state index in [0.717, 1.165) is 6.42 Å². The van der Waals surface area contributed by atoms with Gasteiger partial charge in [0.2, 0.25) is 0 Å². The van der Waals surface area contributed by atoms with Crippen LogP contribution in [0.1, 0.15) is 41.0 Å². The Balaban J connectivity index is 2.45. The Kier molecular flexibility index (Phi) is 4.32. The van der Waals surface area contributed by atoms with Crippen LogP contribution < -0.4 is 0 Å². The lowest BCUT2D eigenvalue weighted by molar-refractivity contribution is -0.142. The van der Waals surface area contributed by atoms with E-state index in [9.17, 15) is 9.59 Å². The zero-order chi connectivity index (χ0) is 14.0. The van der Waals surface area contributed by atoms with Gasteiger partial charge >= 0.3 is 0 Å². The summed E-state index contributed by atoms with van der Waals surface area (Å²) in [6.07, 6.45) is 3.54. The second kappa shape index (κ2) is 5.22. The predicted molar refractivity (Wildman–Crippen MR) is 70.0 cm³/mol. The van der Waals surface area contributed by atoms with Crippen LogP contribution in [-0.4, -0.2) is 35.5 Å². The molecule has 0 atom stereocenters. The molecule has 4 nitrogen and oxygen atoms in total. The van der Waals surface area contributed by atoms with Gasteiger partial charge < -0.3 is 4.74 Å². The minimum atomic E-state index is -0.511. The summed E-state index contributed by atoms with van der Waals surface area (Å²) in [6, 6.07) is 0. The topological polar surface area (TPSA) is 46.6 Å². The van der Waals surface area contributed by atoms with Crippen molar-refractivity contribution in [3.8, 4) is 0 Å².